The molecule has 1 rings (SSSR count). The van der Waals surface area contributed by atoms with Crippen LogP contribution >= 0.6 is 0 Å². The summed E-state index contributed by atoms with van der Waals surface area (Å²) in [5.41, 5.74) is -0.628. The second kappa shape index (κ2) is 6.15. The number of nitriles is 1. The summed E-state index contributed by atoms with van der Waals surface area (Å²) in [6.45, 7) is 3.58. The highest BCUT2D eigenvalue weighted by molar-refractivity contribution is 7.89. The Kier molecular flexibility index (Phi) is 5.06. The lowest BCUT2D eigenvalue weighted by atomic mass is 9.98. The fraction of sp³-hybridized carbons (Fsp3) is 0.462. The van der Waals surface area contributed by atoms with Gasteiger partial charge in [0.15, 0.2) is 0 Å². The molecule has 2 N–H and O–H groups in total. The van der Waals surface area contributed by atoms with Crippen LogP contribution in [0, 0.1) is 11.3 Å². The zero-order valence-corrected chi connectivity index (χ0v) is 11.9. The summed E-state index contributed by atoms with van der Waals surface area (Å²) in [5, 5.41) is 18.7. The monoisotopic (exact) mass is 282 g/mol. The summed E-state index contributed by atoms with van der Waals surface area (Å²) in [7, 11) is -3.66. The average Bonchev–Trinajstić information content (AvgIpc) is 2.45. The summed E-state index contributed by atoms with van der Waals surface area (Å²) in [6.07, 6.45) is 0.943. The van der Waals surface area contributed by atoms with Gasteiger partial charge in [-0.05, 0) is 37.1 Å². The average molecular weight is 282 g/mol. The van der Waals surface area contributed by atoms with Gasteiger partial charge in [0.25, 0.3) is 0 Å². The Bertz CT molecular complexity index is 555. The van der Waals surface area contributed by atoms with Crippen LogP contribution in [0.3, 0.4) is 0 Å². The van der Waals surface area contributed by atoms with Crippen LogP contribution in [0.5, 0.6) is 0 Å². The molecule has 0 unspecified atom stereocenters. The summed E-state index contributed by atoms with van der Waals surface area (Å²) >= 11 is 0. The third-order valence-electron chi connectivity index (χ3n) is 3.20. The van der Waals surface area contributed by atoms with E-state index >= 15 is 0 Å². The first-order valence-corrected chi connectivity index (χ1v) is 7.57. The molecule has 0 bridgehead atoms. The normalized spacial score (nSPS) is 12.1. The third kappa shape index (κ3) is 4.03. The maximum atomic E-state index is 12.0. The van der Waals surface area contributed by atoms with Crippen LogP contribution in [0.1, 0.15) is 32.3 Å². The molecule has 0 saturated carbocycles. The van der Waals surface area contributed by atoms with Gasteiger partial charge in [-0.3, -0.25) is 0 Å². The van der Waals surface area contributed by atoms with E-state index in [4.69, 9.17) is 5.26 Å². The van der Waals surface area contributed by atoms with Gasteiger partial charge in [-0.25, -0.2) is 13.1 Å². The van der Waals surface area contributed by atoms with Gasteiger partial charge < -0.3 is 5.11 Å². The molecule has 19 heavy (non-hydrogen) atoms. The molecule has 1 aromatic rings. The van der Waals surface area contributed by atoms with Crippen molar-refractivity contribution in [2.24, 2.45) is 0 Å². The van der Waals surface area contributed by atoms with Gasteiger partial charge in [-0.1, -0.05) is 13.8 Å². The zero-order chi connectivity index (χ0) is 14.5. The molecular formula is C13H18N2O3S. The number of aliphatic hydroxyl groups is 1. The summed E-state index contributed by atoms with van der Waals surface area (Å²) in [6, 6.07) is 7.56. The Morgan fingerprint density at radius 3 is 2.21 bits per heavy atom. The number of rotatable bonds is 6. The summed E-state index contributed by atoms with van der Waals surface area (Å²) < 4.78 is 26.4. The molecule has 1 aromatic carbocycles. The number of nitrogens with zero attached hydrogens (tertiary/aromatic N) is 1. The first-order valence-electron chi connectivity index (χ1n) is 6.09. The lowest BCUT2D eigenvalue weighted by Gasteiger charge is -2.25. The topological polar surface area (TPSA) is 90.2 Å². The van der Waals surface area contributed by atoms with Crippen molar-refractivity contribution in [3.63, 3.8) is 0 Å². The minimum absolute atomic E-state index is 0.0255. The van der Waals surface area contributed by atoms with Gasteiger partial charge in [0, 0.05) is 6.54 Å². The van der Waals surface area contributed by atoms with E-state index in [0.717, 1.165) is 0 Å². The van der Waals surface area contributed by atoms with Crippen molar-refractivity contribution in [3.8, 4) is 6.07 Å². The largest absolute Gasteiger partial charge is 0.389 e. The Hall–Kier alpha value is -1.42. The molecule has 0 aliphatic heterocycles. The second-order valence-corrected chi connectivity index (χ2v) is 6.16. The SMILES string of the molecule is CCC(O)(CC)CNS(=O)(=O)c1ccc(C#N)cc1. The van der Waals surface area contributed by atoms with Crippen LogP contribution in [-0.2, 0) is 10.0 Å². The highest BCUT2D eigenvalue weighted by atomic mass is 32.2. The lowest BCUT2D eigenvalue weighted by molar-refractivity contribution is 0.0377. The first kappa shape index (κ1) is 15.6. The predicted octanol–water partition coefficient (Wildman–Crippen LogP) is 1.39. The van der Waals surface area contributed by atoms with E-state index in [1.54, 1.807) is 13.8 Å². The molecule has 0 aliphatic carbocycles. The van der Waals surface area contributed by atoms with Gasteiger partial charge in [0.2, 0.25) is 10.0 Å². The van der Waals surface area contributed by atoms with E-state index in [9.17, 15) is 13.5 Å². The number of hydrogen-bond acceptors (Lipinski definition) is 4. The van der Waals surface area contributed by atoms with E-state index in [2.05, 4.69) is 4.72 Å². The van der Waals surface area contributed by atoms with Gasteiger partial charge in [0.05, 0.1) is 22.1 Å². The Morgan fingerprint density at radius 1 is 1.26 bits per heavy atom. The molecule has 104 valence electrons. The Labute approximate surface area is 113 Å². The highest BCUT2D eigenvalue weighted by Crippen LogP contribution is 2.15. The molecule has 0 fully saturated rings. The number of nitrogens with one attached hydrogen (secondary N) is 1. The van der Waals surface area contributed by atoms with Crippen LogP contribution in [0.25, 0.3) is 0 Å². The zero-order valence-electron chi connectivity index (χ0n) is 11.0. The molecule has 0 saturated heterocycles. The standard InChI is InChI=1S/C13H18N2O3S/c1-3-13(16,4-2)10-15-19(17,18)12-7-5-11(9-14)6-8-12/h5-8,15-16H,3-4,10H2,1-2H3. The predicted molar refractivity (Wildman–Crippen MR) is 71.9 cm³/mol. The maximum absolute atomic E-state index is 12.0. The molecule has 0 atom stereocenters. The molecule has 0 aliphatic rings. The first-order chi connectivity index (χ1) is 8.87. The smallest absolute Gasteiger partial charge is 0.240 e. The van der Waals surface area contributed by atoms with Crippen LogP contribution in [0.15, 0.2) is 29.2 Å². The second-order valence-electron chi connectivity index (χ2n) is 4.39. The van der Waals surface area contributed by atoms with Gasteiger partial charge in [0.1, 0.15) is 0 Å². The van der Waals surface area contributed by atoms with Crippen LogP contribution in [0.4, 0.5) is 0 Å². The van der Waals surface area contributed by atoms with E-state index < -0.39 is 15.6 Å². The maximum Gasteiger partial charge on any atom is 0.240 e. The molecule has 0 spiro atoms. The minimum atomic E-state index is -3.66. The Morgan fingerprint density at radius 2 is 1.79 bits per heavy atom. The number of benzene rings is 1. The number of hydrogen-bond donors (Lipinski definition) is 2. The highest BCUT2D eigenvalue weighted by Gasteiger charge is 2.25. The molecule has 0 aromatic heterocycles. The molecule has 5 nitrogen and oxygen atoms in total. The molecule has 6 heteroatoms. The van der Waals surface area contributed by atoms with E-state index in [0.29, 0.717) is 18.4 Å². The fourth-order valence-electron chi connectivity index (χ4n) is 1.52. The van der Waals surface area contributed by atoms with Crippen molar-refractivity contribution >= 4 is 10.0 Å². The fourth-order valence-corrected chi connectivity index (χ4v) is 2.64. The van der Waals surface area contributed by atoms with Crippen molar-refractivity contribution in [1.82, 2.24) is 4.72 Å². The molecular weight excluding hydrogens is 264 g/mol. The van der Waals surface area contributed by atoms with Crippen molar-refractivity contribution in [1.29, 1.82) is 5.26 Å². The van der Waals surface area contributed by atoms with Crippen molar-refractivity contribution in [3.05, 3.63) is 29.8 Å². The lowest BCUT2D eigenvalue weighted by Crippen LogP contribution is -2.41. The minimum Gasteiger partial charge on any atom is -0.389 e. The van der Waals surface area contributed by atoms with Gasteiger partial charge >= 0.3 is 0 Å². The van der Waals surface area contributed by atoms with E-state index in [1.165, 1.54) is 24.3 Å². The third-order valence-corrected chi connectivity index (χ3v) is 4.62. The molecule has 0 radical (unpaired) electrons. The van der Waals surface area contributed by atoms with Gasteiger partial charge in [-0.2, -0.15) is 5.26 Å². The van der Waals surface area contributed by atoms with Crippen molar-refractivity contribution in [2.75, 3.05) is 6.54 Å². The van der Waals surface area contributed by atoms with Crippen LogP contribution in [0.2, 0.25) is 0 Å². The molecule has 0 heterocycles. The summed E-state index contributed by atoms with van der Waals surface area (Å²) in [5.74, 6) is 0. The Balaban J connectivity index is 2.84. The van der Waals surface area contributed by atoms with E-state index in [1.807, 2.05) is 6.07 Å². The van der Waals surface area contributed by atoms with Crippen LogP contribution < -0.4 is 4.72 Å². The number of sulfonamides is 1. The van der Waals surface area contributed by atoms with Crippen molar-refractivity contribution < 1.29 is 13.5 Å². The molecule has 0 amide bonds. The quantitative estimate of drug-likeness (QED) is 0.825. The summed E-state index contributed by atoms with van der Waals surface area (Å²) in [4.78, 5) is 0.0843. The van der Waals surface area contributed by atoms with Crippen LogP contribution in [-0.4, -0.2) is 25.7 Å². The van der Waals surface area contributed by atoms with Gasteiger partial charge in [-0.15, -0.1) is 0 Å². The van der Waals surface area contributed by atoms with Crippen molar-refractivity contribution in [2.45, 2.75) is 37.2 Å². The van der Waals surface area contributed by atoms with E-state index in [-0.39, 0.29) is 11.4 Å².